The monoisotopic (exact) mass is 467 g/mol. The Labute approximate surface area is 200 Å². The maximum atomic E-state index is 13.0. The SMILES string of the molecule is CCOC(=O)N1CCC(NC(=O)CN2Cc3ccccc3O[C@@H](c3ccccc3OC)C2)CC1. The lowest BCUT2D eigenvalue weighted by atomic mass is 10.1. The maximum Gasteiger partial charge on any atom is 0.409 e. The van der Waals surface area contributed by atoms with Gasteiger partial charge in [0.25, 0.3) is 0 Å². The highest BCUT2D eigenvalue weighted by molar-refractivity contribution is 5.78. The summed E-state index contributed by atoms with van der Waals surface area (Å²) in [7, 11) is 1.65. The molecular formula is C26H33N3O5. The van der Waals surface area contributed by atoms with Gasteiger partial charge in [-0.05, 0) is 31.9 Å². The van der Waals surface area contributed by atoms with Crippen molar-refractivity contribution in [2.24, 2.45) is 0 Å². The molecule has 2 aromatic rings. The Morgan fingerprint density at radius 1 is 1.09 bits per heavy atom. The zero-order valence-corrected chi connectivity index (χ0v) is 19.9. The summed E-state index contributed by atoms with van der Waals surface area (Å²) in [5, 5.41) is 3.15. The van der Waals surface area contributed by atoms with Crippen LogP contribution >= 0.6 is 0 Å². The van der Waals surface area contributed by atoms with Crippen molar-refractivity contribution in [3.63, 3.8) is 0 Å². The van der Waals surface area contributed by atoms with Crippen LogP contribution < -0.4 is 14.8 Å². The number of hydrogen-bond acceptors (Lipinski definition) is 6. The maximum absolute atomic E-state index is 13.0. The second kappa shape index (κ2) is 11.2. The van der Waals surface area contributed by atoms with Gasteiger partial charge in [-0.2, -0.15) is 0 Å². The molecule has 8 heteroatoms. The van der Waals surface area contributed by atoms with Crippen LogP contribution in [0.15, 0.2) is 48.5 Å². The van der Waals surface area contributed by atoms with Gasteiger partial charge in [0.2, 0.25) is 5.91 Å². The molecular weight excluding hydrogens is 434 g/mol. The fourth-order valence-corrected chi connectivity index (χ4v) is 4.59. The van der Waals surface area contributed by atoms with Crippen LogP contribution in [-0.4, -0.2) is 67.7 Å². The minimum Gasteiger partial charge on any atom is -0.496 e. The number of amides is 2. The first-order valence-electron chi connectivity index (χ1n) is 11.9. The normalized spacial score (nSPS) is 18.9. The Kier molecular flexibility index (Phi) is 7.90. The standard InChI is InChI=1S/C26H33N3O5/c1-3-33-26(31)29-14-12-20(13-15-29)27-25(30)18-28-16-19-8-4-6-10-22(19)34-24(17-28)21-9-5-7-11-23(21)32-2/h4-11,20,24H,3,12-18H2,1-2H3,(H,27,30)/t24-/m1/s1. The Balaban J connectivity index is 1.41. The molecule has 2 aromatic carbocycles. The van der Waals surface area contributed by atoms with Crippen LogP contribution in [0.1, 0.15) is 37.0 Å². The highest BCUT2D eigenvalue weighted by Gasteiger charge is 2.29. The number of nitrogens with zero attached hydrogens (tertiary/aromatic N) is 2. The van der Waals surface area contributed by atoms with Crippen molar-refractivity contribution >= 4 is 12.0 Å². The van der Waals surface area contributed by atoms with Gasteiger partial charge in [-0.1, -0.05) is 36.4 Å². The number of piperidine rings is 1. The Bertz CT molecular complexity index is 990. The summed E-state index contributed by atoms with van der Waals surface area (Å²) in [4.78, 5) is 28.7. The summed E-state index contributed by atoms with van der Waals surface area (Å²) < 4.78 is 17.0. The molecule has 0 radical (unpaired) electrons. The van der Waals surface area contributed by atoms with Crippen molar-refractivity contribution in [2.75, 3.05) is 39.9 Å². The largest absolute Gasteiger partial charge is 0.496 e. The molecule has 0 aliphatic carbocycles. The average molecular weight is 468 g/mol. The molecule has 182 valence electrons. The van der Waals surface area contributed by atoms with E-state index in [9.17, 15) is 9.59 Å². The van der Waals surface area contributed by atoms with Gasteiger partial charge in [0.1, 0.15) is 17.6 Å². The van der Waals surface area contributed by atoms with E-state index in [1.54, 1.807) is 18.9 Å². The molecule has 1 atom stereocenters. The van der Waals surface area contributed by atoms with Crippen molar-refractivity contribution in [1.29, 1.82) is 0 Å². The number of carbonyl (C=O) groups is 2. The number of ether oxygens (including phenoxy) is 3. The number of hydrogen-bond donors (Lipinski definition) is 1. The number of nitrogens with one attached hydrogen (secondary N) is 1. The molecule has 0 spiro atoms. The summed E-state index contributed by atoms with van der Waals surface area (Å²) in [6.07, 6.45) is 0.902. The third-order valence-corrected chi connectivity index (χ3v) is 6.30. The molecule has 2 aliphatic rings. The highest BCUT2D eigenvalue weighted by Crippen LogP contribution is 2.34. The van der Waals surface area contributed by atoms with Gasteiger partial charge in [0, 0.05) is 43.3 Å². The zero-order chi connectivity index (χ0) is 23.9. The number of rotatable bonds is 6. The number of methoxy groups -OCH3 is 1. The zero-order valence-electron chi connectivity index (χ0n) is 19.9. The molecule has 4 rings (SSSR count). The smallest absolute Gasteiger partial charge is 0.409 e. The number of fused-ring (bicyclic) bond motifs is 1. The minimum absolute atomic E-state index is 0.0206. The summed E-state index contributed by atoms with van der Waals surface area (Å²) >= 11 is 0. The number of benzene rings is 2. The van der Waals surface area contributed by atoms with E-state index in [1.165, 1.54) is 0 Å². The van der Waals surface area contributed by atoms with Crippen molar-refractivity contribution < 1.29 is 23.8 Å². The molecule has 2 amide bonds. The van der Waals surface area contributed by atoms with E-state index in [0.717, 1.165) is 35.5 Å². The first-order chi connectivity index (χ1) is 16.6. The number of carbonyl (C=O) groups excluding carboxylic acids is 2. The van der Waals surface area contributed by atoms with E-state index in [-0.39, 0.29) is 30.7 Å². The fourth-order valence-electron chi connectivity index (χ4n) is 4.59. The predicted molar refractivity (Wildman–Crippen MR) is 128 cm³/mol. The topological polar surface area (TPSA) is 80.3 Å². The second-order valence-corrected chi connectivity index (χ2v) is 8.65. The van der Waals surface area contributed by atoms with Crippen molar-refractivity contribution in [1.82, 2.24) is 15.1 Å². The molecule has 0 bridgehead atoms. The first kappa shape index (κ1) is 23.9. The lowest BCUT2D eigenvalue weighted by Gasteiger charge is -2.32. The van der Waals surface area contributed by atoms with Crippen LogP contribution in [0.5, 0.6) is 11.5 Å². The molecule has 34 heavy (non-hydrogen) atoms. The Hall–Kier alpha value is -3.26. The fraction of sp³-hybridized carbons (Fsp3) is 0.462. The van der Waals surface area contributed by atoms with Crippen molar-refractivity contribution in [2.45, 2.75) is 38.5 Å². The predicted octanol–water partition coefficient (Wildman–Crippen LogP) is 3.37. The lowest BCUT2D eigenvalue weighted by Crippen LogP contribution is -2.49. The quantitative estimate of drug-likeness (QED) is 0.702. The van der Waals surface area contributed by atoms with Gasteiger partial charge >= 0.3 is 6.09 Å². The van der Waals surface area contributed by atoms with Crippen LogP contribution in [0.2, 0.25) is 0 Å². The van der Waals surface area contributed by atoms with E-state index in [1.807, 2.05) is 48.5 Å². The van der Waals surface area contributed by atoms with Gasteiger partial charge in [-0.3, -0.25) is 9.69 Å². The molecule has 0 aromatic heterocycles. The molecule has 1 N–H and O–H groups in total. The van der Waals surface area contributed by atoms with E-state index in [2.05, 4.69) is 10.2 Å². The third-order valence-electron chi connectivity index (χ3n) is 6.30. The van der Waals surface area contributed by atoms with E-state index in [4.69, 9.17) is 14.2 Å². The van der Waals surface area contributed by atoms with Gasteiger partial charge in [0.05, 0.1) is 20.3 Å². The molecule has 2 heterocycles. The Morgan fingerprint density at radius 3 is 2.59 bits per heavy atom. The number of para-hydroxylation sites is 2. The lowest BCUT2D eigenvalue weighted by molar-refractivity contribution is -0.123. The number of likely N-dealkylation sites (tertiary alicyclic amines) is 1. The third kappa shape index (κ3) is 5.80. The van der Waals surface area contributed by atoms with Crippen LogP contribution in [-0.2, 0) is 16.1 Å². The molecule has 2 aliphatic heterocycles. The van der Waals surface area contributed by atoms with Crippen LogP contribution in [0.25, 0.3) is 0 Å². The average Bonchev–Trinajstić information content (AvgIpc) is 3.03. The highest BCUT2D eigenvalue weighted by atomic mass is 16.6. The minimum atomic E-state index is -0.280. The van der Waals surface area contributed by atoms with Crippen LogP contribution in [0.3, 0.4) is 0 Å². The van der Waals surface area contributed by atoms with Crippen molar-refractivity contribution in [3.8, 4) is 11.5 Å². The van der Waals surface area contributed by atoms with Gasteiger partial charge in [-0.25, -0.2) is 4.79 Å². The van der Waals surface area contributed by atoms with E-state index >= 15 is 0 Å². The van der Waals surface area contributed by atoms with E-state index < -0.39 is 0 Å². The molecule has 0 saturated carbocycles. The Morgan fingerprint density at radius 2 is 1.82 bits per heavy atom. The molecule has 1 saturated heterocycles. The molecule has 1 fully saturated rings. The van der Waals surface area contributed by atoms with Gasteiger partial charge in [0.15, 0.2) is 0 Å². The first-order valence-corrected chi connectivity index (χ1v) is 11.9. The summed E-state index contributed by atoms with van der Waals surface area (Å²) in [6.45, 7) is 4.79. The van der Waals surface area contributed by atoms with Gasteiger partial charge < -0.3 is 24.4 Å². The van der Waals surface area contributed by atoms with Crippen LogP contribution in [0.4, 0.5) is 4.79 Å². The molecule has 8 nitrogen and oxygen atoms in total. The van der Waals surface area contributed by atoms with Crippen LogP contribution in [0, 0.1) is 0 Å². The summed E-state index contributed by atoms with van der Waals surface area (Å²) in [5.74, 6) is 1.57. The summed E-state index contributed by atoms with van der Waals surface area (Å²) in [5.41, 5.74) is 2.01. The van der Waals surface area contributed by atoms with Gasteiger partial charge in [-0.15, -0.1) is 0 Å². The van der Waals surface area contributed by atoms with E-state index in [0.29, 0.717) is 32.8 Å². The van der Waals surface area contributed by atoms with Crippen molar-refractivity contribution in [3.05, 3.63) is 59.7 Å². The second-order valence-electron chi connectivity index (χ2n) is 8.65. The molecule has 0 unspecified atom stereocenters. The summed E-state index contributed by atoms with van der Waals surface area (Å²) in [6, 6.07) is 15.9.